The largest absolute Gasteiger partial charge is 0.466 e. The molecule has 0 fully saturated rings. The van der Waals surface area contributed by atoms with E-state index in [4.69, 9.17) is 4.74 Å². The molecule has 2 atom stereocenters. The first-order valence-corrected chi connectivity index (χ1v) is 41.4. The number of unbranched alkanes of at least 4 members (excludes halogenated alkanes) is 61. The summed E-state index contributed by atoms with van der Waals surface area (Å²) in [6.07, 6.45) is 107. The van der Waals surface area contributed by atoms with Gasteiger partial charge < -0.3 is 20.3 Å². The molecule has 0 heterocycles. The Morgan fingerprint density at radius 3 is 0.846 bits per heavy atom. The lowest BCUT2D eigenvalue weighted by Gasteiger charge is -2.20. The van der Waals surface area contributed by atoms with E-state index in [0.29, 0.717) is 19.4 Å². The van der Waals surface area contributed by atoms with Crippen LogP contribution in [0.15, 0.2) is 48.6 Å². The molecule has 6 nitrogen and oxygen atoms in total. The highest BCUT2D eigenvalue weighted by atomic mass is 16.5. The number of allylic oxidation sites excluding steroid dienone is 7. The van der Waals surface area contributed by atoms with E-state index in [2.05, 4.69) is 55.6 Å². The summed E-state index contributed by atoms with van der Waals surface area (Å²) >= 11 is 0. The maximum atomic E-state index is 12.5. The fourth-order valence-corrected chi connectivity index (χ4v) is 13.0. The van der Waals surface area contributed by atoms with Gasteiger partial charge in [0.25, 0.3) is 0 Å². The number of hydrogen-bond donors (Lipinski definition) is 3. The Balaban J connectivity index is 3.36. The summed E-state index contributed by atoms with van der Waals surface area (Å²) < 4.78 is 5.51. The third kappa shape index (κ3) is 76.7. The van der Waals surface area contributed by atoms with Crippen molar-refractivity contribution in [3.05, 3.63) is 48.6 Å². The average molecular weight is 1280 g/mol. The van der Waals surface area contributed by atoms with Gasteiger partial charge in [-0.3, -0.25) is 9.59 Å². The Bertz CT molecular complexity index is 1520. The monoisotopic (exact) mass is 1280 g/mol. The summed E-state index contributed by atoms with van der Waals surface area (Å²) in [6, 6.07) is -0.626. The molecule has 1 amide bonds. The van der Waals surface area contributed by atoms with Crippen LogP contribution in [0, 0.1) is 0 Å². The van der Waals surface area contributed by atoms with Gasteiger partial charge in [0.2, 0.25) is 5.91 Å². The van der Waals surface area contributed by atoms with E-state index in [1.54, 1.807) is 6.08 Å². The normalized spacial score (nSPS) is 12.7. The van der Waals surface area contributed by atoms with Crippen LogP contribution in [-0.2, 0) is 14.3 Å². The second kappa shape index (κ2) is 80.3. The van der Waals surface area contributed by atoms with E-state index in [-0.39, 0.29) is 18.5 Å². The predicted molar refractivity (Wildman–Crippen MR) is 402 cm³/mol. The number of esters is 1. The van der Waals surface area contributed by atoms with Gasteiger partial charge in [-0.1, -0.05) is 403 Å². The lowest BCUT2D eigenvalue weighted by Crippen LogP contribution is -2.45. The number of nitrogens with one attached hydrogen (secondary N) is 1. The first-order chi connectivity index (χ1) is 45.0. The van der Waals surface area contributed by atoms with Gasteiger partial charge in [-0.15, -0.1) is 0 Å². The predicted octanol–water partition coefficient (Wildman–Crippen LogP) is 27.5. The lowest BCUT2D eigenvalue weighted by atomic mass is 10.0. The molecule has 0 aliphatic heterocycles. The molecule has 2 unspecified atom stereocenters. The number of carbonyl (C=O) groups is 2. The zero-order valence-electron chi connectivity index (χ0n) is 61.6. The molecule has 0 aromatic carbocycles. The minimum atomic E-state index is -0.843. The summed E-state index contributed by atoms with van der Waals surface area (Å²) in [7, 11) is 0. The summed E-state index contributed by atoms with van der Waals surface area (Å²) in [4.78, 5) is 24.6. The summed E-state index contributed by atoms with van der Waals surface area (Å²) in [6.45, 7) is 4.94. The number of aliphatic hydroxyl groups is 2. The van der Waals surface area contributed by atoms with Crippen LogP contribution in [-0.4, -0.2) is 47.4 Å². The SMILES string of the molecule is CCCCCCCCC/C=C\CCCCCCCCCC(=O)OCCCCCCCCCCCCCCCCC/C=C\C/C=C\CCCCCCCCCCCCCCCCCCCC(=O)NC(CO)C(O)/C=C/CCCCCCCCCCCCCCCCC. The van der Waals surface area contributed by atoms with Crippen LogP contribution in [0.2, 0.25) is 0 Å². The van der Waals surface area contributed by atoms with Crippen LogP contribution in [0.25, 0.3) is 0 Å². The maximum Gasteiger partial charge on any atom is 0.305 e. The van der Waals surface area contributed by atoms with E-state index in [0.717, 1.165) is 51.4 Å². The third-order valence-corrected chi connectivity index (χ3v) is 19.3. The molecule has 91 heavy (non-hydrogen) atoms. The molecule has 536 valence electrons. The molecule has 0 saturated heterocycles. The number of aliphatic hydroxyl groups excluding tert-OH is 2. The molecule has 3 N–H and O–H groups in total. The van der Waals surface area contributed by atoms with Gasteiger partial charge in [0.1, 0.15) is 0 Å². The topological polar surface area (TPSA) is 95.9 Å². The fourth-order valence-electron chi connectivity index (χ4n) is 13.0. The van der Waals surface area contributed by atoms with Crippen molar-refractivity contribution in [1.29, 1.82) is 0 Å². The quantitative estimate of drug-likeness (QED) is 0.0320. The van der Waals surface area contributed by atoms with Gasteiger partial charge in [-0.2, -0.15) is 0 Å². The summed E-state index contributed by atoms with van der Waals surface area (Å²) in [5.74, 6) is -0.0438. The Morgan fingerprint density at radius 1 is 0.308 bits per heavy atom. The first kappa shape index (κ1) is 88.8. The zero-order chi connectivity index (χ0) is 65.6. The van der Waals surface area contributed by atoms with E-state index in [9.17, 15) is 19.8 Å². The van der Waals surface area contributed by atoms with Crippen LogP contribution in [0.3, 0.4) is 0 Å². The Morgan fingerprint density at radius 2 is 0.549 bits per heavy atom. The van der Waals surface area contributed by atoms with Gasteiger partial charge >= 0.3 is 5.97 Å². The van der Waals surface area contributed by atoms with Crippen LogP contribution in [0.4, 0.5) is 0 Å². The minimum absolute atomic E-state index is 0.0178. The van der Waals surface area contributed by atoms with Crippen molar-refractivity contribution in [2.45, 2.75) is 469 Å². The van der Waals surface area contributed by atoms with Crippen molar-refractivity contribution in [3.63, 3.8) is 0 Å². The highest BCUT2D eigenvalue weighted by Gasteiger charge is 2.18. The second-order valence-corrected chi connectivity index (χ2v) is 28.4. The van der Waals surface area contributed by atoms with Crippen molar-refractivity contribution in [1.82, 2.24) is 5.32 Å². The van der Waals surface area contributed by atoms with Crippen molar-refractivity contribution in [2.75, 3.05) is 13.2 Å². The lowest BCUT2D eigenvalue weighted by molar-refractivity contribution is -0.143. The zero-order valence-corrected chi connectivity index (χ0v) is 61.6. The number of carbonyl (C=O) groups excluding carboxylic acids is 2. The van der Waals surface area contributed by atoms with Gasteiger partial charge in [-0.05, 0) is 89.9 Å². The van der Waals surface area contributed by atoms with Gasteiger partial charge in [-0.25, -0.2) is 0 Å². The standard InChI is InChI=1S/C85H161NO5/c1-3-5-7-9-11-13-15-17-19-21-47-51-55-59-63-67-71-75-79-85(90)91-80-76-72-68-64-60-56-52-48-44-42-40-38-36-34-32-30-28-26-24-22-23-25-27-29-31-33-35-37-39-41-43-46-50-54-58-62-66-70-74-78-84(89)86-82(81-87)83(88)77-73-69-65-61-57-53-49-45-20-18-16-14-12-10-8-6-4-2/h19,21-23,26,28,73,77,82-83,87-88H,3-18,20,24-25,27,29-72,74-76,78-81H2,1-2H3,(H,86,89)/b21-19-,23-22-,28-26-,77-73+. The molecule has 6 heteroatoms. The number of amides is 1. The fraction of sp³-hybridized carbons (Fsp3) is 0.882. The van der Waals surface area contributed by atoms with Gasteiger partial charge in [0.05, 0.1) is 25.4 Å². The van der Waals surface area contributed by atoms with Crippen molar-refractivity contribution < 1.29 is 24.5 Å². The molecule has 0 aliphatic carbocycles. The maximum absolute atomic E-state index is 12.5. The van der Waals surface area contributed by atoms with Gasteiger partial charge in [0, 0.05) is 12.8 Å². The molecular formula is C85H161NO5. The van der Waals surface area contributed by atoms with E-state index in [1.165, 1.54) is 379 Å². The summed E-state index contributed by atoms with van der Waals surface area (Å²) in [5, 5.41) is 23.2. The Kier molecular flexibility index (Phi) is 78.3. The minimum Gasteiger partial charge on any atom is -0.466 e. The number of hydrogen-bond acceptors (Lipinski definition) is 5. The molecule has 0 saturated carbocycles. The number of rotatable bonds is 78. The van der Waals surface area contributed by atoms with Crippen molar-refractivity contribution in [2.24, 2.45) is 0 Å². The molecule has 0 aliphatic rings. The average Bonchev–Trinajstić information content (AvgIpc) is 3.73. The van der Waals surface area contributed by atoms with Gasteiger partial charge in [0.15, 0.2) is 0 Å². The molecule has 0 aromatic rings. The molecule has 0 radical (unpaired) electrons. The molecule has 0 aromatic heterocycles. The molecule has 0 spiro atoms. The first-order valence-electron chi connectivity index (χ1n) is 41.4. The smallest absolute Gasteiger partial charge is 0.305 e. The highest BCUT2D eigenvalue weighted by molar-refractivity contribution is 5.76. The third-order valence-electron chi connectivity index (χ3n) is 19.3. The summed E-state index contributed by atoms with van der Waals surface area (Å²) in [5.41, 5.74) is 0. The second-order valence-electron chi connectivity index (χ2n) is 28.4. The van der Waals surface area contributed by atoms with Crippen LogP contribution >= 0.6 is 0 Å². The van der Waals surface area contributed by atoms with Crippen molar-refractivity contribution in [3.8, 4) is 0 Å². The van der Waals surface area contributed by atoms with Crippen molar-refractivity contribution >= 4 is 11.9 Å². The molecule has 0 rings (SSSR count). The van der Waals surface area contributed by atoms with Crippen LogP contribution in [0.1, 0.15) is 457 Å². The van der Waals surface area contributed by atoms with Crippen LogP contribution < -0.4 is 5.32 Å². The van der Waals surface area contributed by atoms with Crippen LogP contribution in [0.5, 0.6) is 0 Å². The van der Waals surface area contributed by atoms with E-state index in [1.807, 2.05) is 6.08 Å². The van der Waals surface area contributed by atoms with E-state index >= 15 is 0 Å². The number of ether oxygens (including phenoxy) is 1. The highest BCUT2D eigenvalue weighted by Crippen LogP contribution is 2.20. The van der Waals surface area contributed by atoms with E-state index < -0.39 is 12.1 Å². The Labute approximate surface area is 569 Å². The Hall–Kier alpha value is -2.18. The molecular weight excluding hydrogens is 1110 g/mol. The molecule has 0 bridgehead atoms.